The quantitative estimate of drug-likeness (QED) is 0.153. The number of hydrogen-bond donors (Lipinski definition) is 0. The summed E-state index contributed by atoms with van der Waals surface area (Å²) in [7, 11) is 0. The van der Waals surface area contributed by atoms with Gasteiger partial charge in [-0.2, -0.15) is 0 Å². The number of para-hydroxylation sites is 1. The summed E-state index contributed by atoms with van der Waals surface area (Å²) in [6, 6.07) is 71.4. The molecule has 2 heteroatoms. The maximum atomic E-state index is 2.44. The first-order chi connectivity index (χ1) is 28.0. The molecule has 0 spiro atoms. The Morgan fingerprint density at radius 2 is 1.07 bits per heavy atom. The fourth-order valence-electron chi connectivity index (χ4n) is 9.16. The maximum absolute atomic E-state index is 2.44. The summed E-state index contributed by atoms with van der Waals surface area (Å²) < 4.78 is 2.61. The Balaban J connectivity index is 0.999. The molecule has 270 valence electrons. The van der Waals surface area contributed by atoms with Crippen LogP contribution < -0.4 is 4.90 Å². The molecule has 57 heavy (non-hydrogen) atoms. The normalized spacial score (nSPS) is 13.3. The third-order valence-electron chi connectivity index (χ3n) is 11.9. The molecule has 0 fully saturated rings. The van der Waals surface area contributed by atoms with E-state index in [1.807, 2.05) is 11.3 Å². The van der Waals surface area contributed by atoms with Crippen LogP contribution in [-0.4, -0.2) is 0 Å². The molecule has 9 aromatic carbocycles. The van der Waals surface area contributed by atoms with Crippen molar-refractivity contribution in [3.8, 4) is 22.3 Å². The lowest BCUT2D eigenvalue weighted by atomic mass is 9.87. The minimum atomic E-state index is 0.00686. The van der Waals surface area contributed by atoms with Gasteiger partial charge in [-0.15, -0.1) is 11.3 Å². The Hall–Kier alpha value is -6.74. The van der Waals surface area contributed by atoms with Crippen LogP contribution in [0.15, 0.2) is 200 Å². The second kappa shape index (κ2) is 13.2. The van der Waals surface area contributed by atoms with E-state index in [9.17, 15) is 0 Å². The number of rotatable bonds is 6. The Bertz CT molecular complexity index is 3200. The van der Waals surface area contributed by atoms with E-state index in [0.29, 0.717) is 0 Å². The molecule has 0 atom stereocenters. The molecule has 1 aromatic heterocycles. The summed E-state index contributed by atoms with van der Waals surface area (Å²) in [6.45, 7) is 4.63. The summed E-state index contributed by atoms with van der Waals surface area (Å²) in [4.78, 5) is 2.38. The van der Waals surface area contributed by atoms with Crippen molar-refractivity contribution in [2.75, 3.05) is 4.90 Å². The van der Waals surface area contributed by atoms with E-state index >= 15 is 0 Å². The summed E-state index contributed by atoms with van der Waals surface area (Å²) in [5, 5.41) is 7.67. The van der Waals surface area contributed by atoms with E-state index in [1.165, 1.54) is 86.2 Å². The molecule has 1 aliphatic rings. The van der Waals surface area contributed by atoms with E-state index in [-0.39, 0.29) is 5.41 Å². The number of thiophene rings is 1. The predicted molar refractivity (Wildman–Crippen MR) is 246 cm³/mol. The van der Waals surface area contributed by atoms with Gasteiger partial charge in [-0.05, 0) is 115 Å². The molecule has 0 radical (unpaired) electrons. The molecular formula is C55H39NS. The van der Waals surface area contributed by atoms with Crippen molar-refractivity contribution in [3.63, 3.8) is 0 Å². The molecule has 0 saturated carbocycles. The topological polar surface area (TPSA) is 3.24 Å². The molecule has 0 aliphatic heterocycles. The zero-order chi connectivity index (χ0) is 38.1. The minimum absolute atomic E-state index is 0.00686. The van der Waals surface area contributed by atoms with Crippen LogP contribution in [0.25, 0.3) is 69.5 Å². The van der Waals surface area contributed by atoms with Crippen LogP contribution in [0.2, 0.25) is 0 Å². The molecule has 0 saturated heterocycles. The highest BCUT2D eigenvalue weighted by atomic mass is 32.1. The zero-order valence-electron chi connectivity index (χ0n) is 31.9. The van der Waals surface area contributed by atoms with E-state index in [2.05, 4.69) is 219 Å². The smallest absolute Gasteiger partial charge is 0.0468 e. The fraction of sp³-hybridized carbons (Fsp3) is 0.0545. The van der Waals surface area contributed by atoms with Gasteiger partial charge in [0.25, 0.3) is 0 Å². The summed E-state index contributed by atoms with van der Waals surface area (Å²) >= 11 is 1.89. The van der Waals surface area contributed by atoms with Gasteiger partial charge >= 0.3 is 0 Å². The summed E-state index contributed by atoms with van der Waals surface area (Å²) in [5.74, 6) is 0. The summed E-state index contributed by atoms with van der Waals surface area (Å²) in [6.07, 6.45) is 2.44. The Morgan fingerprint density at radius 3 is 1.96 bits per heavy atom. The summed E-state index contributed by atoms with van der Waals surface area (Å²) in [5.41, 5.74) is 13.7. The van der Waals surface area contributed by atoms with Gasteiger partial charge in [0.1, 0.15) is 0 Å². The number of fused-ring (bicyclic) bond motifs is 7. The van der Waals surface area contributed by atoms with Gasteiger partial charge in [-0.1, -0.05) is 166 Å². The Kier molecular flexibility index (Phi) is 7.77. The molecule has 0 amide bonds. The largest absolute Gasteiger partial charge is 0.310 e. The Morgan fingerprint density at radius 1 is 0.421 bits per heavy atom. The van der Waals surface area contributed by atoms with Crippen molar-refractivity contribution in [2.45, 2.75) is 19.3 Å². The van der Waals surface area contributed by atoms with Crippen molar-refractivity contribution in [1.29, 1.82) is 0 Å². The standard InChI is InChI=1S/C55H39NS/c1-55(2)35-50(47-20-8-9-24-51(47)55)40-16-10-15-39(33-40)46-22-12-23-48-49-34-43(31-32-52(49)57-54(46)48)56(41-17-4-3-5-18-41)42-29-27-37(28-30-42)45-21-11-14-38-26-25-36-13-6-7-19-44(36)53(38)45/h3-35H,1-2H3. The lowest BCUT2D eigenvalue weighted by Gasteiger charge is -2.26. The lowest BCUT2D eigenvalue weighted by molar-refractivity contribution is 0.683. The number of benzene rings is 9. The predicted octanol–water partition coefficient (Wildman–Crippen LogP) is 15.9. The van der Waals surface area contributed by atoms with Gasteiger partial charge in [0.15, 0.2) is 0 Å². The number of allylic oxidation sites excluding steroid dienone is 1. The minimum Gasteiger partial charge on any atom is -0.310 e. The first-order valence-corrected chi connectivity index (χ1v) is 20.6. The highest BCUT2D eigenvalue weighted by Crippen LogP contribution is 2.46. The Labute approximate surface area is 337 Å². The van der Waals surface area contributed by atoms with Crippen molar-refractivity contribution >= 4 is 75.7 Å². The van der Waals surface area contributed by atoms with Crippen molar-refractivity contribution in [3.05, 3.63) is 217 Å². The van der Waals surface area contributed by atoms with Gasteiger partial charge in [0.05, 0.1) is 0 Å². The maximum Gasteiger partial charge on any atom is 0.0468 e. The van der Waals surface area contributed by atoms with E-state index in [0.717, 1.165) is 17.1 Å². The number of anilines is 3. The second-order valence-electron chi connectivity index (χ2n) is 15.8. The van der Waals surface area contributed by atoms with E-state index in [4.69, 9.17) is 0 Å². The SMILES string of the molecule is CC1(C)C=C(c2cccc(-c3cccc4c3sc3ccc(N(c5ccccc5)c5ccc(-c6cccc7ccc8ccccc8c67)cc5)cc34)c2)c2ccccc21. The fourth-order valence-corrected chi connectivity index (χ4v) is 10.4. The molecule has 10 aromatic rings. The van der Waals surface area contributed by atoms with E-state index in [1.54, 1.807) is 0 Å². The van der Waals surface area contributed by atoms with Crippen molar-refractivity contribution < 1.29 is 0 Å². The molecule has 1 aliphatic carbocycles. The molecular weight excluding hydrogens is 707 g/mol. The van der Waals surface area contributed by atoms with Crippen LogP contribution in [0.5, 0.6) is 0 Å². The molecule has 1 nitrogen and oxygen atoms in total. The van der Waals surface area contributed by atoms with Gasteiger partial charge in [0, 0.05) is 42.6 Å². The van der Waals surface area contributed by atoms with Gasteiger partial charge in [-0.25, -0.2) is 0 Å². The van der Waals surface area contributed by atoms with Crippen LogP contribution in [0.3, 0.4) is 0 Å². The first kappa shape index (κ1) is 33.6. The first-order valence-electron chi connectivity index (χ1n) is 19.8. The average Bonchev–Trinajstić information content (AvgIpc) is 3.78. The van der Waals surface area contributed by atoms with Crippen LogP contribution in [0.4, 0.5) is 17.1 Å². The highest BCUT2D eigenvalue weighted by Gasteiger charge is 2.30. The van der Waals surface area contributed by atoms with Crippen molar-refractivity contribution in [1.82, 2.24) is 0 Å². The average molecular weight is 746 g/mol. The molecule has 1 heterocycles. The van der Waals surface area contributed by atoms with Gasteiger partial charge in [-0.3, -0.25) is 0 Å². The molecule has 0 bridgehead atoms. The van der Waals surface area contributed by atoms with Gasteiger partial charge < -0.3 is 4.90 Å². The monoisotopic (exact) mass is 745 g/mol. The zero-order valence-corrected chi connectivity index (χ0v) is 32.7. The molecule has 0 N–H and O–H groups in total. The van der Waals surface area contributed by atoms with Gasteiger partial charge in [0.2, 0.25) is 0 Å². The van der Waals surface area contributed by atoms with Crippen LogP contribution in [0.1, 0.15) is 30.5 Å². The highest BCUT2D eigenvalue weighted by molar-refractivity contribution is 7.26. The number of hydrogen-bond acceptors (Lipinski definition) is 2. The van der Waals surface area contributed by atoms with Crippen LogP contribution >= 0.6 is 11.3 Å². The van der Waals surface area contributed by atoms with Crippen LogP contribution in [0, 0.1) is 0 Å². The lowest BCUT2D eigenvalue weighted by Crippen LogP contribution is -2.10. The van der Waals surface area contributed by atoms with Crippen molar-refractivity contribution in [2.24, 2.45) is 0 Å². The van der Waals surface area contributed by atoms with Crippen LogP contribution in [-0.2, 0) is 5.41 Å². The third-order valence-corrected chi connectivity index (χ3v) is 13.1. The molecule has 11 rings (SSSR count). The second-order valence-corrected chi connectivity index (χ2v) is 16.8. The molecule has 0 unspecified atom stereocenters. The van der Waals surface area contributed by atoms with E-state index < -0.39 is 0 Å². The number of nitrogens with zero attached hydrogens (tertiary/aromatic N) is 1. The third kappa shape index (κ3) is 5.59.